The Labute approximate surface area is 255 Å². The van der Waals surface area contributed by atoms with Gasteiger partial charge in [0.15, 0.2) is 0 Å². The molecule has 0 fully saturated rings. The molecule has 4 rings (SSSR count). The Morgan fingerprint density at radius 2 is 1.63 bits per heavy atom. The summed E-state index contributed by atoms with van der Waals surface area (Å²) < 4.78 is 32.7. The summed E-state index contributed by atoms with van der Waals surface area (Å²) in [5.41, 5.74) is 0.747. The van der Waals surface area contributed by atoms with E-state index in [0.717, 1.165) is 15.6 Å². The van der Waals surface area contributed by atoms with Gasteiger partial charge in [-0.3, -0.25) is 9.59 Å². The smallest absolute Gasteiger partial charge is 0.407 e. The number of hydrogen-bond donors (Lipinski definition) is 3. The fraction of sp³-hybridized carbons (Fsp3) is 0.258. The number of nitrogens with one attached hydrogen (secondary N) is 3. The third-order valence-electron chi connectivity index (χ3n) is 6.49. The first-order valence-corrected chi connectivity index (χ1v) is 15.3. The summed E-state index contributed by atoms with van der Waals surface area (Å²) >= 11 is 6.18. The second kappa shape index (κ2) is 12.9. The Kier molecular flexibility index (Phi) is 9.46. The minimum atomic E-state index is -4.14. The van der Waals surface area contributed by atoms with Gasteiger partial charge in [-0.15, -0.1) is 0 Å². The Hall–Kier alpha value is -4.35. The molecule has 0 unspecified atom stereocenters. The summed E-state index contributed by atoms with van der Waals surface area (Å²) in [6.45, 7) is 7.19. The standard InChI is InChI=1S/C31H33ClN4O6S/c1-20-14-15-36(35-43(40,41)27-11-7-9-21-8-5-6-10-25(21)27)29(38)26(20)17-28(37)33-19-23-16-24(32)13-12-22(23)18-34-30(39)42-31(2,3)4/h5-16,35H,17-19H2,1-4H3,(H,33,37)(H,34,39). The van der Waals surface area contributed by atoms with Crippen LogP contribution in [0.15, 0.2) is 82.6 Å². The number of sulfonamides is 1. The molecule has 4 aromatic rings. The molecule has 12 heteroatoms. The zero-order chi connectivity index (χ0) is 31.4. The predicted octanol–water partition coefficient (Wildman–Crippen LogP) is 4.78. The molecule has 0 radical (unpaired) electrons. The predicted molar refractivity (Wildman–Crippen MR) is 166 cm³/mol. The van der Waals surface area contributed by atoms with Crippen molar-refractivity contribution in [2.45, 2.75) is 57.7 Å². The van der Waals surface area contributed by atoms with Crippen LogP contribution in [-0.2, 0) is 39.1 Å². The van der Waals surface area contributed by atoms with Crippen LogP contribution in [-0.4, -0.2) is 30.7 Å². The zero-order valence-electron chi connectivity index (χ0n) is 24.2. The topological polar surface area (TPSA) is 136 Å². The number of hydrogen-bond acceptors (Lipinski definition) is 6. The van der Waals surface area contributed by atoms with Crippen LogP contribution in [0.25, 0.3) is 10.8 Å². The van der Waals surface area contributed by atoms with E-state index in [-0.39, 0.29) is 30.0 Å². The van der Waals surface area contributed by atoms with Crippen LogP contribution >= 0.6 is 11.6 Å². The summed E-state index contributed by atoms with van der Waals surface area (Å²) in [6.07, 6.45) is 0.454. The molecular formula is C31H33ClN4O6S. The van der Waals surface area contributed by atoms with Gasteiger partial charge >= 0.3 is 6.09 Å². The van der Waals surface area contributed by atoms with Gasteiger partial charge in [0.1, 0.15) is 5.60 Å². The van der Waals surface area contributed by atoms with Gasteiger partial charge in [0, 0.05) is 35.3 Å². The van der Waals surface area contributed by atoms with Crippen molar-refractivity contribution in [3.05, 3.63) is 111 Å². The van der Waals surface area contributed by atoms with Crippen LogP contribution in [0, 0.1) is 6.92 Å². The van der Waals surface area contributed by atoms with Gasteiger partial charge in [0.2, 0.25) is 5.91 Å². The number of ether oxygens (including phenoxy) is 1. The highest BCUT2D eigenvalue weighted by Crippen LogP contribution is 2.23. The second-order valence-corrected chi connectivity index (χ2v) is 13.0. The minimum absolute atomic E-state index is 0.0239. The van der Waals surface area contributed by atoms with Crippen molar-refractivity contribution in [1.29, 1.82) is 0 Å². The number of benzene rings is 3. The summed E-state index contributed by atoms with van der Waals surface area (Å²) in [5.74, 6) is -0.458. The summed E-state index contributed by atoms with van der Waals surface area (Å²) in [6, 6.07) is 18.6. The van der Waals surface area contributed by atoms with Crippen molar-refractivity contribution in [3.8, 4) is 0 Å². The van der Waals surface area contributed by atoms with Crippen molar-refractivity contribution in [2.75, 3.05) is 4.83 Å². The van der Waals surface area contributed by atoms with Crippen molar-refractivity contribution in [3.63, 3.8) is 0 Å². The minimum Gasteiger partial charge on any atom is -0.444 e. The number of amides is 2. The lowest BCUT2D eigenvalue weighted by Gasteiger charge is -2.20. The zero-order valence-corrected chi connectivity index (χ0v) is 25.8. The van der Waals surface area contributed by atoms with Gasteiger partial charge in [-0.05, 0) is 74.0 Å². The van der Waals surface area contributed by atoms with Crippen LogP contribution in [0.3, 0.4) is 0 Å². The molecule has 43 heavy (non-hydrogen) atoms. The van der Waals surface area contributed by atoms with Crippen molar-refractivity contribution < 1.29 is 22.7 Å². The Bertz CT molecular complexity index is 1840. The SMILES string of the molecule is Cc1ccn(NS(=O)(=O)c2cccc3ccccc23)c(=O)c1CC(=O)NCc1cc(Cl)ccc1CNC(=O)OC(C)(C)C. The van der Waals surface area contributed by atoms with Crippen LogP contribution in [0.4, 0.5) is 4.79 Å². The maximum atomic E-state index is 13.3. The number of carbonyl (C=O) groups excluding carboxylic acids is 2. The number of carbonyl (C=O) groups is 2. The van der Waals surface area contributed by atoms with Crippen LogP contribution in [0.2, 0.25) is 5.02 Å². The number of rotatable bonds is 9. The van der Waals surface area contributed by atoms with Gasteiger partial charge < -0.3 is 15.4 Å². The number of aromatic nitrogens is 1. The van der Waals surface area contributed by atoms with Gasteiger partial charge in [0.05, 0.1) is 11.3 Å². The molecule has 0 atom stereocenters. The van der Waals surface area contributed by atoms with E-state index < -0.39 is 33.2 Å². The first-order chi connectivity index (χ1) is 20.2. The number of nitrogens with zero attached hydrogens (tertiary/aromatic N) is 1. The highest BCUT2D eigenvalue weighted by molar-refractivity contribution is 7.92. The fourth-order valence-corrected chi connectivity index (χ4v) is 5.82. The van der Waals surface area contributed by atoms with Crippen LogP contribution in [0.5, 0.6) is 0 Å². The second-order valence-electron chi connectivity index (χ2n) is 10.9. The van der Waals surface area contributed by atoms with E-state index in [9.17, 15) is 22.8 Å². The molecule has 2 amide bonds. The molecule has 0 aliphatic rings. The van der Waals surface area contributed by atoms with Gasteiger partial charge in [0.25, 0.3) is 15.6 Å². The van der Waals surface area contributed by atoms with E-state index >= 15 is 0 Å². The highest BCUT2D eigenvalue weighted by Gasteiger charge is 2.20. The lowest BCUT2D eigenvalue weighted by Crippen LogP contribution is -2.37. The average Bonchev–Trinajstić information content (AvgIpc) is 2.94. The lowest BCUT2D eigenvalue weighted by atomic mass is 10.1. The monoisotopic (exact) mass is 624 g/mol. The molecule has 1 aromatic heterocycles. The molecule has 1 heterocycles. The highest BCUT2D eigenvalue weighted by atomic mass is 35.5. The molecule has 10 nitrogen and oxygen atoms in total. The molecule has 0 saturated carbocycles. The number of fused-ring (bicyclic) bond motifs is 1. The Balaban J connectivity index is 1.47. The lowest BCUT2D eigenvalue weighted by molar-refractivity contribution is -0.120. The summed E-state index contributed by atoms with van der Waals surface area (Å²) in [7, 11) is -4.14. The largest absolute Gasteiger partial charge is 0.444 e. The summed E-state index contributed by atoms with van der Waals surface area (Å²) in [4.78, 5) is 40.7. The maximum Gasteiger partial charge on any atom is 0.407 e. The van der Waals surface area contributed by atoms with E-state index in [1.807, 2.05) is 6.07 Å². The normalized spacial score (nSPS) is 11.7. The fourth-order valence-electron chi connectivity index (χ4n) is 4.39. The third-order valence-corrected chi connectivity index (χ3v) is 8.10. The van der Waals surface area contributed by atoms with Crippen molar-refractivity contribution in [1.82, 2.24) is 15.3 Å². The van der Waals surface area contributed by atoms with E-state index in [1.54, 1.807) is 82.3 Å². The van der Waals surface area contributed by atoms with Crippen molar-refractivity contribution in [2.24, 2.45) is 0 Å². The molecule has 0 saturated heterocycles. The number of pyridine rings is 1. The van der Waals surface area contributed by atoms with Gasteiger partial charge in [-0.2, -0.15) is 8.42 Å². The van der Waals surface area contributed by atoms with Crippen LogP contribution in [0.1, 0.15) is 43.0 Å². The molecule has 0 spiro atoms. The molecular weight excluding hydrogens is 592 g/mol. The molecule has 3 aromatic carbocycles. The van der Waals surface area contributed by atoms with Crippen LogP contribution < -0.4 is 21.0 Å². The van der Waals surface area contributed by atoms with E-state index in [1.165, 1.54) is 12.3 Å². The molecule has 0 bridgehead atoms. The van der Waals surface area contributed by atoms with E-state index in [2.05, 4.69) is 15.5 Å². The molecule has 226 valence electrons. The summed E-state index contributed by atoms with van der Waals surface area (Å²) in [5, 5.41) is 7.17. The number of aryl methyl sites for hydroxylation is 1. The quantitative estimate of drug-likeness (QED) is 0.245. The number of alkyl carbamates (subject to hydrolysis) is 1. The first-order valence-electron chi connectivity index (χ1n) is 13.5. The van der Waals surface area contributed by atoms with Crippen molar-refractivity contribution >= 4 is 44.4 Å². The van der Waals surface area contributed by atoms with E-state index in [0.29, 0.717) is 21.5 Å². The first kappa shape index (κ1) is 31.6. The Morgan fingerprint density at radius 1 is 0.930 bits per heavy atom. The molecule has 0 aliphatic carbocycles. The van der Waals surface area contributed by atoms with Gasteiger partial charge in [-0.25, -0.2) is 14.3 Å². The maximum absolute atomic E-state index is 13.3. The third kappa shape index (κ3) is 8.14. The molecule has 3 N–H and O–H groups in total. The van der Waals surface area contributed by atoms with Gasteiger partial charge in [-0.1, -0.05) is 54.1 Å². The Morgan fingerprint density at radius 3 is 2.37 bits per heavy atom. The average molecular weight is 625 g/mol. The number of halogens is 1. The molecule has 0 aliphatic heterocycles. The van der Waals surface area contributed by atoms with E-state index in [4.69, 9.17) is 16.3 Å².